The second-order valence-electron chi connectivity index (χ2n) is 9.20. The van der Waals surface area contributed by atoms with E-state index in [1.54, 1.807) is 19.2 Å². The molecule has 170 valence electrons. The van der Waals surface area contributed by atoms with Crippen LogP contribution >= 0.6 is 15.9 Å². The Hall–Kier alpha value is -2.26. The van der Waals surface area contributed by atoms with Crippen LogP contribution < -0.4 is 15.0 Å². The first kappa shape index (κ1) is 21.6. The number of amides is 1. The van der Waals surface area contributed by atoms with Crippen molar-refractivity contribution in [3.05, 3.63) is 46.1 Å². The van der Waals surface area contributed by atoms with E-state index >= 15 is 0 Å². The number of methoxy groups -OCH3 is 1. The van der Waals surface area contributed by atoms with Gasteiger partial charge < -0.3 is 19.7 Å². The van der Waals surface area contributed by atoms with Crippen LogP contribution in [0.25, 0.3) is 0 Å². The Kier molecular flexibility index (Phi) is 5.36. The quantitative estimate of drug-likeness (QED) is 0.609. The smallest absolute Gasteiger partial charge is 0.274 e. The summed E-state index contributed by atoms with van der Waals surface area (Å²) in [6.07, 6.45) is 2.75. The summed E-state index contributed by atoms with van der Waals surface area (Å²) in [5, 5.41) is 2.53. The van der Waals surface area contributed by atoms with Crippen molar-refractivity contribution >= 4 is 33.3 Å². The van der Waals surface area contributed by atoms with E-state index in [4.69, 9.17) is 9.47 Å². The molecule has 1 saturated heterocycles. The van der Waals surface area contributed by atoms with Gasteiger partial charge in [-0.2, -0.15) is 0 Å². The van der Waals surface area contributed by atoms with Gasteiger partial charge in [0.2, 0.25) is 0 Å². The third kappa shape index (κ3) is 4.08. The van der Waals surface area contributed by atoms with Crippen molar-refractivity contribution in [2.75, 3.05) is 30.4 Å². The maximum atomic E-state index is 14.6. The van der Waals surface area contributed by atoms with Crippen LogP contribution in [0.2, 0.25) is 0 Å². The number of aromatic nitrogens is 1. The molecule has 2 heterocycles. The van der Waals surface area contributed by atoms with E-state index in [-0.39, 0.29) is 28.8 Å². The van der Waals surface area contributed by atoms with Crippen molar-refractivity contribution in [1.29, 1.82) is 0 Å². The number of nitrogens with zero attached hydrogens (tertiary/aromatic N) is 2. The summed E-state index contributed by atoms with van der Waals surface area (Å²) in [4.78, 5) is 19.1. The van der Waals surface area contributed by atoms with Crippen LogP contribution in [0.15, 0.2) is 28.7 Å². The molecule has 6 nitrogen and oxygen atoms in total. The zero-order valence-corrected chi connectivity index (χ0v) is 19.4. The number of ether oxygens (including phenoxy) is 2. The van der Waals surface area contributed by atoms with E-state index in [2.05, 4.69) is 26.2 Å². The van der Waals surface area contributed by atoms with E-state index in [9.17, 15) is 13.6 Å². The molecular weight excluding hydrogens is 484 g/mol. The highest BCUT2D eigenvalue weighted by Crippen LogP contribution is 2.52. The first-order valence-electron chi connectivity index (χ1n) is 10.7. The summed E-state index contributed by atoms with van der Waals surface area (Å²) >= 11 is 3.46. The van der Waals surface area contributed by atoms with Gasteiger partial charge >= 0.3 is 0 Å². The lowest BCUT2D eigenvalue weighted by molar-refractivity contribution is -0.0172. The molecule has 1 aliphatic heterocycles. The van der Waals surface area contributed by atoms with Crippen molar-refractivity contribution < 1.29 is 23.0 Å². The first-order chi connectivity index (χ1) is 15.2. The molecule has 0 spiro atoms. The van der Waals surface area contributed by atoms with Crippen LogP contribution in [-0.4, -0.2) is 42.8 Å². The van der Waals surface area contributed by atoms with Gasteiger partial charge in [-0.15, -0.1) is 0 Å². The van der Waals surface area contributed by atoms with Crippen LogP contribution in [-0.2, 0) is 4.74 Å². The minimum Gasteiger partial charge on any atom is -0.484 e. The third-order valence-corrected chi connectivity index (χ3v) is 7.26. The Bertz CT molecular complexity index is 1040. The molecule has 9 heteroatoms. The van der Waals surface area contributed by atoms with Gasteiger partial charge in [-0.3, -0.25) is 4.79 Å². The van der Waals surface area contributed by atoms with E-state index < -0.39 is 17.5 Å². The maximum absolute atomic E-state index is 14.6. The van der Waals surface area contributed by atoms with Crippen LogP contribution in [0.1, 0.15) is 36.7 Å². The highest BCUT2D eigenvalue weighted by molar-refractivity contribution is 9.10. The number of halogens is 3. The van der Waals surface area contributed by atoms with Crippen LogP contribution in [0.3, 0.4) is 0 Å². The van der Waals surface area contributed by atoms with Crippen LogP contribution in [0, 0.1) is 23.5 Å². The van der Waals surface area contributed by atoms with Crippen LogP contribution in [0.4, 0.5) is 20.3 Å². The normalized spacial score (nSPS) is 25.2. The Morgan fingerprint density at radius 3 is 2.47 bits per heavy atom. The molecule has 2 aromatic rings. The highest BCUT2D eigenvalue weighted by Gasteiger charge is 2.47. The van der Waals surface area contributed by atoms with Gasteiger partial charge in [0.05, 0.1) is 16.2 Å². The fourth-order valence-corrected chi connectivity index (χ4v) is 5.15. The number of hydrogen-bond donors (Lipinski definition) is 1. The van der Waals surface area contributed by atoms with E-state index in [0.29, 0.717) is 30.7 Å². The number of fused-ring (bicyclic) bond motifs is 1. The summed E-state index contributed by atoms with van der Waals surface area (Å²) in [6.45, 7) is 3.28. The molecule has 1 aromatic heterocycles. The lowest BCUT2D eigenvalue weighted by atomic mass is 9.96. The number of pyridine rings is 1. The Morgan fingerprint density at radius 1 is 1.19 bits per heavy atom. The molecule has 3 fully saturated rings. The Morgan fingerprint density at radius 2 is 1.84 bits per heavy atom. The largest absolute Gasteiger partial charge is 0.484 e. The van der Waals surface area contributed by atoms with Crippen molar-refractivity contribution in [3.8, 4) is 5.75 Å². The fourth-order valence-electron chi connectivity index (χ4n) is 4.68. The van der Waals surface area contributed by atoms with Gasteiger partial charge in [-0.05, 0) is 66.1 Å². The lowest BCUT2D eigenvalue weighted by Gasteiger charge is -2.47. The van der Waals surface area contributed by atoms with Crippen molar-refractivity contribution in [2.24, 2.45) is 11.8 Å². The van der Waals surface area contributed by atoms with Gasteiger partial charge in [-0.25, -0.2) is 13.8 Å². The molecule has 1 aromatic carbocycles. The van der Waals surface area contributed by atoms with E-state index in [1.807, 2.05) is 11.8 Å². The number of anilines is 2. The van der Waals surface area contributed by atoms with Gasteiger partial charge in [0, 0.05) is 38.0 Å². The predicted octanol–water partition coefficient (Wildman–Crippen LogP) is 4.78. The standard InChI is InChI=1S/C23H24BrF2N3O3/c1-23(31-2)10-29(11-23)21-16(24)3-4-19(28-21)22(30)27-14-8-17(25)20(18(26)9-14)32-15-6-12-5-13(12)7-15/h3-4,8-9,12-13,15H,5-7,10-11H2,1-2H3,(H,27,30). The molecule has 2 atom stereocenters. The van der Waals surface area contributed by atoms with Crippen LogP contribution in [0.5, 0.6) is 5.75 Å². The minimum absolute atomic E-state index is 0.00814. The van der Waals surface area contributed by atoms with E-state index in [0.717, 1.165) is 29.4 Å². The molecule has 2 unspecified atom stereocenters. The highest BCUT2D eigenvalue weighted by atomic mass is 79.9. The predicted molar refractivity (Wildman–Crippen MR) is 119 cm³/mol. The monoisotopic (exact) mass is 507 g/mol. The fraction of sp³-hybridized carbons (Fsp3) is 0.478. The minimum atomic E-state index is -0.829. The van der Waals surface area contributed by atoms with Gasteiger partial charge in [-0.1, -0.05) is 0 Å². The van der Waals surface area contributed by atoms with Gasteiger partial charge in [0.1, 0.15) is 11.5 Å². The van der Waals surface area contributed by atoms with Gasteiger partial charge in [0.15, 0.2) is 17.4 Å². The molecule has 0 radical (unpaired) electrons. The molecule has 32 heavy (non-hydrogen) atoms. The lowest BCUT2D eigenvalue weighted by Crippen LogP contribution is -2.61. The summed E-state index contributed by atoms with van der Waals surface area (Å²) < 4.78 is 40.9. The second kappa shape index (κ2) is 7.95. The average Bonchev–Trinajstić information content (AvgIpc) is 3.34. The molecule has 3 aliphatic rings. The van der Waals surface area contributed by atoms with E-state index in [1.165, 1.54) is 6.42 Å². The maximum Gasteiger partial charge on any atom is 0.274 e. The summed E-state index contributed by atoms with van der Waals surface area (Å²) in [6, 6.07) is 5.42. The summed E-state index contributed by atoms with van der Waals surface area (Å²) in [7, 11) is 1.66. The van der Waals surface area contributed by atoms with Gasteiger partial charge in [0.25, 0.3) is 5.91 Å². The molecule has 5 rings (SSSR count). The number of hydrogen-bond acceptors (Lipinski definition) is 5. The molecule has 2 aliphatic carbocycles. The molecule has 1 amide bonds. The first-order valence-corrected chi connectivity index (χ1v) is 11.5. The zero-order chi connectivity index (χ0) is 22.6. The molecular formula is C23H24BrF2N3O3. The number of carbonyl (C=O) groups is 1. The van der Waals surface area contributed by atoms with Crippen molar-refractivity contribution in [3.63, 3.8) is 0 Å². The topological polar surface area (TPSA) is 63.7 Å². The molecule has 0 bridgehead atoms. The average molecular weight is 508 g/mol. The number of rotatable bonds is 6. The summed E-state index contributed by atoms with van der Waals surface area (Å²) in [5.74, 6) is -0.688. The number of nitrogens with one attached hydrogen (secondary N) is 1. The number of carbonyl (C=O) groups excluding carboxylic acids is 1. The number of benzene rings is 1. The Labute approximate surface area is 193 Å². The Balaban J connectivity index is 1.28. The third-order valence-electron chi connectivity index (χ3n) is 6.64. The molecule has 1 N–H and O–H groups in total. The van der Waals surface area contributed by atoms with Crippen molar-refractivity contribution in [1.82, 2.24) is 4.98 Å². The second-order valence-corrected chi connectivity index (χ2v) is 10.1. The SMILES string of the molecule is COC1(C)CN(c2nc(C(=O)Nc3cc(F)c(OC4CC5CC5C4)c(F)c3)ccc2Br)C1. The molecule has 2 saturated carbocycles. The summed E-state index contributed by atoms with van der Waals surface area (Å²) in [5.41, 5.74) is -0.105. The zero-order valence-electron chi connectivity index (χ0n) is 17.8. The van der Waals surface area contributed by atoms with Crippen molar-refractivity contribution in [2.45, 2.75) is 37.9 Å².